The molecular weight excluding hydrogens is 376 g/mol. The van der Waals surface area contributed by atoms with Crippen molar-refractivity contribution < 1.29 is 13.2 Å². The number of aromatic nitrogens is 2. The molecule has 7 nitrogen and oxygen atoms in total. The summed E-state index contributed by atoms with van der Waals surface area (Å²) < 4.78 is 29.0. The van der Waals surface area contributed by atoms with Crippen LogP contribution < -0.4 is 10.0 Å². The van der Waals surface area contributed by atoms with E-state index >= 15 is 0 Å². The predicted octanol–water partition coefficient (Wildman–Crippen LogP) is 3.10. The normalized spacial score (nSPS) is 18.4. The van der Waals surface area contributed by atoms with Gasteiger partial charge in [-0.2, -0.15) is 13.5 Å². The van der Waals surface area contributed by atoms with Gasteiger partial charge >= 0.3 is 6.03 Å². The topological polar surface area (TPSA) is 93.1 Å². The maximum Gasteiger partial charge on any atom is 0.333 e. The molecule has 1 aromatic carbocycles. The largest absolute Gasteiger partial charge is 0.333 e. The monoisotopic (exact) mass is 400 g/mol. The first-order valence-electron chi connectivity index (χ1n) is 10.1. The minimum atomic E-state index is -4.00. The molecular formula is C20H24N4O3S. The SMILES string of the molecule is O=C(Nc1c2c(cc3c1CCC3)CCC2)NS(=O)(=O)c1ccn(C2CCC2)n1. The second kappa shape index (κ2) is 6.62. The van der Waals surface area contributed by atoms with E-state index in [2.05, 4.69) is 21.2 Å². The third kappa shape index (κ3) is 2.99. The highest BCUT2D eigenvalue weighted by atomic mass is 32.2. The van der Waals surface area contributed by atoms with E-state index < -0.39 is 16.1 Å². The van der Waals surface area contributed by atoms with E-state index in [1.54, 1.807) is 10.9 Å². The molecule has 2 amide bonds. The van der Waals surface area contributed by atoms with Crippen molar-refractivity contribution in [3.8, 4) is 0 Å². The zero-order valence-corrected chi connectivity index (χ0v) is 16.5. The van der Waals surface area contributed by atoms with Crippen LogP contribution in [0.4, 0.5) is 10.5 Å². The number of aryl methyl sites for hydroxylation is 2. The summed E-state index contributed by atoms with van der Waals surface area (Å²) in [7, 11) is -4.00. The lowest BCUT2D eigenvalue weighted by molar-refractivity contribution is 0.256. The summed E-state index contributed by atoms with van der Waals surface area (Å²) in [5.74, 6) is 0. The minimum absolute atomic E-state index is 0.113. The van der Waals surface area contributed by atoms with E-state index in [1.807, 2.05) is 0 Å². The van der Waals surface area contributed by atoms with Crippen LogP contribution in [0.2, 0.25) is 0 Å². The second-order valence-corrected chi connectivity index (χ2v) is 9.64. The maximum atomic E-state index is 12.6. The van der Waals surface area contributed by atoms with E-state index in [-0.39, 0.29) is 11.1 Å². The van der Waals surface area contributed by atoms with Crippen LogP contribution in [0.5, 0.6) is 0 Å². The second-order valence-electron chi connectivity index (χ2n) is 8.01. The number of carbonyl (C=O) groups is 1. The minimum Gasteiger partial charge on any atom is -0.307 e. The van der Waals surface area contributed by atoms with Gasteiger partial charge in [0.05, 0.1) is 6.04 Å². The van der Waals surface area contributed by atoms with Crippen molar-refractivity contribution in [2.45, 2.75) is 68.9 Å². The summed E-state index contributed by atoms with van der Waals surface area (Å²) in [6, 6.07) is 3.28. The lowest BCUT2D eigenvalue weighted by Gasteiger charge is -2.25. The predicted molar refractivity (Wildman–Crippen MR) is 105 cm³/mol. The smallest absolute Gasteiger partial charge is 0.307 e. The quantitative estimate of drug-likeness (QED) is 0.825. The van der Waals surface area contributed by atoms with Crippen LogP contribution in [0.1, 0.15) is 60.4 Å². The Morgan fingerprint density at radius 3 is 2.32 bits per heavy atom. The van der Waals surface area contributed by atoms with Gasteiger partial charge in [0.2, 0.25) is 0 Å². The number of fused-ring (bicyclic) bond motifs is 2. The summed E-state index contributed by atoms with van der Waals surface area (Å²) in [5.41, 5.74) is 5.75. The highest BCUT2D eigenvalue weighted by Crippen LogP contribution is 2.38. The number of anilines is 1. The summed E-state index contributed by atoms with van der Waals surface area (Å²) >= 11 is 0. The third-order valence-corrected chi connectivity index (χ3v) is 7.47. The van der Waals surface area contributed by atoms with E-state index in [0.29, 0.717) is 0 Å². The zero-order chi connectivity index (χ0) is 19.3. The molecule has 1 saturated carbocycles. The summed E-state index contributed by atoms with van der Waals surface area (Å²) in [6.07, 6.45) is 10.9. The van der Waals surface area contributed by atoms with Crippen molar-refractivity contribution in [2.24, 2.45) is 0 Å². The molecule has 5 rings (SSSR count). The Labute approximate surface area is 164 Å². The Hall–Kier alpha value is -2.35. The van der Waals surface area contributed by atoms with E-state index in [4.69, 9.17) is 0 Å². The zero-order valence-electron chi connectivity index (χ0n) is 15.7. The fourth-order valence-electron chi connectivity index (χ4n) is 4.60. The summed E-state index contributed by atoms with van der Waals surface area (Å²) in [5, 5.41) is 6.91. The van der Waals surface area contributed by atoms with E-state index in [1.165, 1.54) is 28.3 Å². The molecule has 0 aliphatic heterocycles. The number of sulfonamides is 1. The fourth-order valence-corrected chi connectivity index (χ4v) is 5.44. The van der Waals surface area contributed by atoms with Crippen LogP contribution in [0, 0.1) is 0 Å². The Morgan fingerprint density at radius 1 is 1.04 bits per heavy atom. The molecule has 3 aliphatic rings. The van der Waals surface area contributed by atoms with Crippen LogP contribution in [0.3, 0.4) is 0 Å². The van der Waals surface area contributed by atoms with Crippen molar-refractivity contribution >= 4 is 21.7 Å². The Kier molecular flexibility index (Phi) is 4.19. The third-order valence-electron chi connectivity index (χ3n) is 6.25. The average Bonchev–Trinajstić information content (AvgIpc) is 3.32. The number of hydrogen-bond donors (Lipinski definition) is 2. The average molecular weight is 401 g/mol. The molecule has 0 atom stereocenters. The van der Waals surface area contributed by atoms with Gasteiger partial charge in [0.15, 0.2) is 5.03 Å². The first-order chi connectivity index (χ1) is 13.5. The van der Waals surface area contributed by atoms with Crippen LogP contribution in [-0.2, 0) is 35.7 Å². The van der Waals surface area contributed by atoms with Crippen molar-refractivity contribution in [1.82, 2.24) is 14.5 Å². The maximum absolute atomic E-state index is 12.6. The molecule has 1 heterocycles. The number of carbonyl (C=O) groups excluding carboxylic acids is 1. The number of hydrogen-bond acceptors (Lipinski definition) is 4. The lowest BCUT2D eigenvalue weighted by Crippen LogP contribution is -2.35. The molecule has 1 fully saturated rings. The molecule has 28 heavy (non-hydrogen) atoms. The van der Waals surface area contributed by atoms with Gasteiger partial charge in [-0.1, -0.05) is 6.07 Å². The van der Waals surface area contributed by atoms with Gasteiger partial charge in [0.25, 0.3) is 10.0 Å². The van der Waals surface area contributed by atoms with Gasteiger partial charge < -0.3 is 5.32 Å². The molecule has 0 spiro atoms. The molecule has 0 radical (unpaired) electrons. The van der Waals surface area contributed by atoms with E-state index in [9.17, 15) is 13.2 Å². The summed E-state index contributed by atoms with van der Waals surface area (Å²) in [4.78, 5) is 12.6. The van der Waals surface area contributed by atoms with Crippen LogP contribution in [-0.4, -0.2) is 24.2 Å². The van der Waals surface area contributed by atoms with E-state index in [0.717, 1.165) is 63.5 Å². The number of benzene rings is 1. The molecule has 0 saturated heterocycles. The first kappa shape index (κ1) is 17.7. The van der Waals surface area contributed by atoms with Crippen LogP contribution >= 0.6 is 0 Å². The van der Waals surface area contributed by atoms with Gasteiger partial charge in [-0.3, -0.25) is 4.68 Å². The molecule has 3 aliphatic carbocycles. The van der Waals surface area contributed by atoms with Crippen LogP contribution in [0.15, 0.2) is 23.4 Å². The highest BCUT2D eigenvalue weighted by Gasteiger charge is 2.28. The number of urea groups is 1. The van der Waals surface area contributed by atoms with Crippen LogP contribution in [0.25, 0.3) is 0 Å². The highest BCUT2D eigenvalue weighted by molar-refractivity contribution is 7.90. The lowest BCUT2D eigenvalue weighted by atomic mass is 9.93. The molecule has 1 aromatic heterocycles. The molecule has 0 bridgehead atoms. The molecule has 2 aromatic rings. The first-order valence-corrected chi connectivity index (χ1v) is 11.5. The molecule has 148 valence electrons. The number of nitrogens with one attached hydrogen (secondary N) is 2. The number of amides is 2. The van der Waals surface area contributed by atoms with Crippen molar-refractivity contribution in [2.75, 3.05) is 5.32 Å². The Bertz CT molecular complexity index is 1020. The van der Waals surface area contributed by atoms with Crippen molar-refractivity contribution in [3.63, 3.8) is 0 Å². The van der Waals surface area contributed by atoms with Gasteiger partial charge in [0.1, 0.15) is 0 Å². The van der Waals surface area contributed by atoms with Gasteiger partial charge in [-0.15, -0.1) is 0 Å². The van der Waals surface area contributed by atoms with Gasteiger partial charge in [-0.05, 0) is 86.1 Å². The Balaban J connectivity index is 1.36. The molecule has 8 heteroatoms. The fraction of sp³-hybridized carbons (Fsp3) is 0.500. The van der Waals surface area contributed by atoms with Crippen molar-refractivity contribution in [3.05, 3.63) is 40.6 Å². The number of nitrogens with zero attached hydrogens (tertiary/aromatic N) is 2. The van der Waals surface area contributed by atoms with Gasteiger partial charge in [0, 0.05) is 11.9 Å². The standard InChI is InChI=1S/C20H24N4O3S/c25-20(23-28(26,27)18-10-11-24(22-18)15-6-3-7-15)21-19-16-8-1-4-13(16)12-14-5-2-9-17(14)19/h10-12,15H,1-9H2,(H2,21,23,25). The molecule has 2 N–H and O–H groups in total. The van der Waals surface area contributed by atoms with Crippen molar-refractivity contribution in [1.29, 1.82) is 0 Å². The summed E-state index contributed by atoms with van der Waals surface area (Å²) in [6.45, 7) is 0. The number of rotatable bonds is 4. The molecule has 0 unspecified atom stereocenters. The Morgan fingerprint density at radius 2 is 1.71 bits per heavy atom. The van der Waals surface area contributed by atoms with Gasteiger partial charge in [-0.25, -0.2) is 9.52 Å².